The summed E-state index contributed by atoms with van der Waals surface area (Å²) in [4.78, 5) is 25.5. The van der Waals surface area contributed by atoms with E-state index in [1.54, 1.807) is 0 Å². The molecule has 0 N–H and O–H groups in total. The molecule has 5 heteroatoms. The minimum atomic E-state index is -0.548. The van der Waals surface area contributed by atoms with Crippen molar-refractivity contribution in [2.24, 2.45) is 0 Å². The van der Waals surface area contributed by atoms with Gasteiger partial charge in [0.2, 0.25) is 0 Å². The second-order valence-corrected chi connectivity index (χ2v) is 18.1. The molecule has 0 aliphatic rings. The molecular weight excluding hydrogens is 789 g/mol. The molecule has 0 rings (SSSR count). The largest absolute Gasteiger partial charge is 0.462 e. The summed E-state index contributed by atoms with van der Waals surface area (Å²) < 4.78 is 17.4. The highest BCUT2D eigenvalue weighted by molar-refractivity contribution is 5.70. The van der Waals surface area contributed by atoms with Crippen LogP contribution in [0, 0.1) is 0 Å². The van der Waals surface area contributed by atoms with Gasteiger partial charge >= 0.3 is 11.9 Å². The summed E-state index contributed by atoms with van der Waals surface area (Å²) in [6.45, 7) is 7.68. The highest BCUT2D eigenvalue weighted by Crippen LogP contribution is 2.15. The smallest absolute Gasteiger partial charge is 0.306 e. The number of carbonyl (C=O) groups excluding carboxylic acids is 2. The molecule has 0 radical (unpaired) electrons. The summed E-state index contributed by atoms with van der Waals surface area (Å²) in [5, 5.41) is 0. The molecular formula is C59H104O5. The third-order valence-electron chi connectivity index (χ3n) is 11.7. The highest BCUT2D eigenvalue weighted by Gasteiger charge is 2.17. The number of esters is 2. The maximum absolute atomic E-state index is 12.8. The number of allylic oxidation sites excluding steroid dienone is 12. The molecule has 0 aromatic carbocycles. The van der Waals surface area contributed by atoms with E-state index in [0.717, 1.165) is 83.5 Å². The van der Waals surface area contributed by atoms with Crippen LogP contribution in [0.4, 0.5) is 0 Å². The molecule has 0 amide bonds. The second kappa shape index (κ2) is 54.7. The van der Waals surface area contributed by atoms with E-state index in [9.17, 15) is 9.59 Å². The minimum Gasteiger partial charge on any atom is -0.462 e. The van der Waals surface area contributed by atoms with Gasteiger partial charge in [0.05, 0.1) is 6.61 Å². The predicted molar refractivity (Wildman–Crippen MR) is 279 cm³/mol. The van der Waals surface area contributed by atoms with Crippen molar-refractivity contribution in [3.05, 3.63) is 72.9 Å². The molecule has 0 aliphatic heterocycles. The van der Waals surface area contributed by atoms with Gasteiger partial charge in [-0.3, -0.25) is 9.59 Å². The Hall–Kier alpha value is -2.66. The van der Waals surface area contributed by atoms with Crippen molar-refractivity contribution >= 4 is 11.9 Å². The first-order chi connectivity index (χ1) is 31.6. The summed E-state index contributed by atoms with van der Waals surface area (Å²) in [5.41, 5.74) is 0. The Morgan fingerprint density at radius 3 is 1.16 bits per heavy atom. The number of carbonyl (C=O) groups is 2. The maximum atomic E-state index is 12.8. The molecule has 0 heterocycles. The van der Waals surface area contributed by atoms with Gasteiger partial charge in [0, 0.05) is 19.4 Å². The van der Waals surface area contributed by atoms with Crippen LogP contribution in [-0.4, -0.2) is 37.9 Å². The van der Waals surface area contributed by atoms with Gasteiger partial charge in [-0.15, -0.1) is 0 Å². The molecule has 370 valence electrons. The molecule has 0 spiro atoms. The van der Waals surface area contributed by atoms with E-state index in [1.807, 2.05) is 0 Å². The molecule has 0 saturated heterocycles. The zero-order chi connectivity index (χ0) is 46.3. The van der Waals surface area contributed by atoms with Gasteiger partial charge in [-0.25, -0.2) is 0 Å². The quantitative estimate of drug-likeness (QED) is 0.0346. The zero-order valence-corrected chi connectivity index (χ0v) is 42.5. The van der Waals surface area contributed by atoms with E-state index in [1.165, 1.54) is 148 Å². The molecule has 0 bridgehead atoms. The van der Waals surface area contributed by atoms with E-state index in [2.05, 4.69) is 93.7 Å². The SMILES string of the molecule is CC/C=C\C/C=C\C/C=C\C/C=C\CCCCCCCCC(=O)OCC(COCCCCCCCC/C=C\C/C=C\CCCCC)OC(=O)CCCCCCCCCCCCCCC. The topological polar surface area (TPSA) is 61.8 Å². The molecule has 1 atom stereocenters. The predicted octanol–water partition coefficient (Wildman–Crippen LogP) is 18.7. The van der Waals surface area contributed by atoms with Crippen LogP contribution < -0.4 is 0 Å². The van der Waals surface area contributed by atoms with Crippen LogP contribution in [0.5, 0.6) is 0 Å². The Labute approximate surface area is 397 Å². The van der Waals surface area contributed by atoms with E-state index >= 15 is 0 Å². The van der Waals surface area contributed by atoms with Crippen LogP contribution in [0.3, 0.4) is 0 Å². The first kappa shape index (κ1) is 61.3. The minimum absolute atomic E-state index is 0.0736. The molecule has 0 aromatic rings. The first-order valence-electron chi connectivity index (χ1n) is 27.5. The van der Waals surface area contributed by atoms with Gasteiger partial charge in [0.1, 0.15) is 6.61 Å². The number of unbranched alkanes of at least 4 members (excludes halogenated alkanes) is 27. The van der Waals surface area contributed by atoms with Gasteiger partial charge in [0.25, 0.3) is 0 Å². The summed E-state index contributed by atoms with van der Waals surface area (Å²) >= 11 is 0. The Balaban J connectivity index is 4.29. The monoisotopic (exact) mass is 893 g/mol. The van der Waals surface area contributed by atoms with Gasteiger partial charge in [0.15, 0.2) is 6.10 Å². The van der Waals surface area contributed by atoms with Gasteiger partial charge < -0.3 is 14.2 Å². The zero-order valence-electron chi connectivity index (χ0n) is 42.5. The fraction of sp³-hybridized carbons (Fsp3) is 0.763. The standard InChI is InChI=1S/C59H104O5/c1-4-7-10-13-16-19-22-25-27-29-30-31-32-35-37-40-43-46-49-52-58(60)63-56-57(64-59(61)53-50-47-44-41-38-34-24-21-18-15-12-9-6-3)55-62-54-51-48-45-42-39-36-33-28-26-23-20-17-14-11-8-5-2/h7,10,16-17,19-20,25-28,30-31,57H,4-6,8-9,11-15,18,21-24,29,32-56H2,1-3H3/b10-7-,19-16-,20-17-,27-25-,28-26-,31-30-. The summed E-state index contributed by atoms with van der Waals surface area (Å²) in [7, 11) is 0. The molecule has 5 nitrogen and oxygen atoms in total. The van der Waals surface area contributed by atoms with E-state index in [4.69, 9.17) is 14.2 Å². The first-order valence-corrected chi connectivity index (χ1v) is 27.5. The number of rotatable bonds is 50. The third kappa shape index (κ3) is 52.0. The fourth-order valence-electron chi connectivity index (χ4n) is 7.65. The van der Waals surface area contributed by atoms with Gasteiger partial charge in [-0.1, -0.05) is 235 Å². The van der Waals surface area contributed by atoms with Crippen molar-refractivity contribution in [1.29, 1.82) is 0 Å². The second-order valence-electron chi connectivity index (χ2n) is 18.1. The Bertz CT molecular complexity index is 1150. The lowest BCUT2D eigenvalue weighted by atomic mass is 10.0. The Kier molecular flexibility index (Phi) is 52.4. The lowest BCUT2D eigenvalue weighted by molar-refractivity contribution is -0.163. The lowest BCUT2D eigenvalue weighted by Gasteiger charge is -2.18. The number of ether oxygens (including phenoxy) is 3. The molecule has 0 aromatic heterocycles. The van der Waals surface area contributed by atoms with Crippen molar-refractivity contribution in [1.82, 2.24) is 0 Å². The maximum Gasteiger partial charge on any atom is 0.306 e. The van der Waals surface area contributed by atoms with Crippen LogP contribution in [0.25, 0.3) is 0 Å². The van der Waals surface area contributed by atoms with Crippen LogP contribution in [0.2, 0.25) is 0 Å². The normalized spacial score (nSPS) is 12.7. The van der Waals surface area contributed by atoms with Crippen LogP contribution in [-0.2, 0) is 23.8 Å². The summed E-state index contributed by atoms with van der Waals surface area (Å²) in [6.07, 6.45) is 70.5. The van der Waals surface area contributed by atoms with Crippen molar-refractivity contribution < 1.29 is 23.8 Å². The molecule has 0 aliphatic carbocycles. The fourth-order valence-corrected chi connectivity index (χ4v) is 7.65. The molecule has 1 unspecified atom stereocenters. The van der Waals surface area contributed by atoms with Gasteiger partial charge in [-0.05, 0) is 89.9 Å². The van der Waals surface area contributed by atoms with Crippen molar-refractivity contribution in [2.75, 3.05) is 19.8 Å². The van der Waals surface area contributed by atoms with Crippen LogP contribution in [0.15, 0.2) is 72.9 Å². The molecule has 0 fully saturated rings. The summed E-state index contributed by atoms with van der Waals surface area (Å²) in [5.74, 6) is -0.412. The van der Waals surface area contributed by atoms with E-state index in [0.29, 0.717) is 19.4 Å². The van der Waals surface area contributed by atoms with Crippen molar-refractivity contribution in [3.63, 3.8) is 0 Å². The molecule has 0 saturated carbocycles. The summed E-state index contributed by atoms with van der Waals surface area (Å²) in [6, 6.07) is 0. The van der Waals surface area contributed by atoms with Crippen LogP contribution in [0.1, 0.15) is 265 Å². The third-order valence-corrected chi connectivity index (χ3v) is 11.7. The average molecular weight is 893 g/mol. The number of hydrogen-bond acceptors (Lipinski definition) is 5. The Morgan fingerprint density at radius 2 is 0.703 bits per heavy atom. The lowest BCUT2D eigenvalue weighted by Crippen LogP contribution is -2.30. The van der Waals surface area contributed by atoms with Crippen molar-refractivity contribution in [3.8, 4) is 0 Å². The molecule has 64 heavy (non-hydrogen) atoms. The van der Waals surface area contributed by atoms with Crippen LogP contribution >= 0.6 is 0 Å². The van der Waals surface area contributed by atoms with E-state index in [-0.39, 0.29) is 25.2 Å². The van der Waals surface area contributed by atoms with E-state index < -0.39 is 6.10 Å². The van der Waals surface area contributed by atoms with Crippen molar-refractivity contribution in [2.45, 2.75) is 271 Å². The average Bonchev–Trinajstić information content (AvgIpc) is 3.30. The highest BCUT2D eigenvalue weighted by atomic mass is 16.6. The van der Waals surface area contributed by atoms with Gasteiger partial charge in [-0.2, -0.15) is 0 Å². The number of hydrogen-bond donors (Lipinski definition) is 0. The Morgan fingerprint density at radius 1 is 0.359 bits per heavy atom.